The Balaban J connectivity index is 1.73. The highest BCUT2D eigenvalue weighted by atomic mass is 32.2. The van der Waals surface area contributed by atoms with Crippen molar-refractivity contribution in [3.63, 3.8) is 0 Å². The van der Waals surface area contributed by atoms with Crippen LogP contribution in [0.5, 0.6) is 5.88 Å². The standard InChI is InChI=1S/C18H22N4O2S/c1-4-24-14-9-12(7-8-19-14)10-20-17(23)15-11(2)21-16(13-5-6-13)22-18(15)25-3/h7-9,13H,4-6,10H2,1-3H3,(H,20,23). The minimum atomic E-state index is -0.154. The number of carbonyl (C=O) groups excluding carboxylic acids is 1. The van der Waals surface area contributed by atoms with E-state index in [1.165, 1.54) is 11.8 Å². The first-order chi connectivity index (χ1) is 12.1. The Labute approximate surface area is 151 Å². The van der Waals surface area contributed by atoms with Gasteiger partial charge in [0.2, 0.25) is 5.88 Å². The van der Waals surface area contributed by atoms with E-state index in [2.05, 4.69) is 20.3 Å². The molecule has 1 fully saturated rings. The molecule has 0 aromatic carbocycles. The van der Waals surface area contributed by atoms with E-state index >= 15 is 0 Å². The Morgan fingerprint density at radius 2 is 2.20 bits per heavy atom. The van der Waals surface area contributed by atoms with Crippen molar-refractivity contribution in [3.05, 3.63) is 41.0 Å². The van der Waals surface area contributed by atoms with Crippen LogP contribution >= 0.6 is 11.8 Å². The number of carbonyl (C=O) groups is 1. The zero-order valence-corrected chi connectivity index (χ0v) is 15.5. The Kier molecular flexibility index (Phi) is 5.53. The summed E-state index contributed by atoms with van der Waals surface area (Å²) in [6.45, 7) is 4.75. The fourth-order valence-corrected chi connectivity index (χ4v) is 3.19. The number of nitrogens with one attached hydrogen (secondary N) is 1. The third-order valence-electron chi connectivity index (χ3n) is 3.98. The number of hydrogen-bond donors (Lipinski definition) is 1. The van der Waals surface area contributed by atoms with Crippen molar-refractivity contribution in [1.29, 1.82) is 0 Å². The molecule has 1 N–H and O–H groups in total. The van der Waals surface area contributed by atoms with Gasteiger partial charge in [-0.3, -0.25) is 4.79 Å². The normalized spacial score (nSPS) is 13.6. The van der Waals surface area contributed by atoms with Crippen LogP contribution in [-0.4, -0.2) is 33.7 Å². The van der Waals surface area contributed by atoms with Crippen LogP contribution in [0.15, 0.2) is 23.4 Å². The number of aromatic nitrogens is 3. The van der Waals surface area contributed by atoms with E-state index in [9.17, 15) is 4.79 Å². The van der Waals surface area contributed by atoms with E-state index in [4.69, 9.17) is 4.74 Å². The molecule has 0 spiro atoms. The largest absolute Gasteiger partial charge is 0.478 e. The zero-order chi connectivity index (χ0) is 17.8. The molecule has 0 aliphatic heterocycles. The zero-order valence-electron chi connectivity index (χ0n) is 14.7. The van der Waals surface area contributed by atoms with Gasteiger partial charge < -0.3 is 10.1 Å². The van der Waals surface area contributed by atoms with Gasteiger partial charge in [0.1, 0.15) is 10.9 Å². The van der Waals surface area contributed by atoms with Crippen LogP contribution in [0.1, 0.15) is 53.1 Å². The maximum absolute atomic E-state index is 12.7. The van der Waals surface area contributed by atoms with Crippen molar-refractivity contribution < 1.29 is 9.53 Å². The molecule has 1 amide bonds. The van der Waals surface area contributed by atoms with Gasteiger partial charge in [0.05, 0.1) is 17.9 Å². The lowest BCUT2D eigenvalue weighted by atomic mass is 10.2. The molecule has 132 valence electrons. The molecule has 0 unspecified atom stereocenters. The predicted octanol–water partition coefficient (Wildman–Crippen LogP) is 3.11. The second-order valence-corrected chi connectivity index (χ2v) is 6.74. The molecular formula is C18H22N4O2S. The van der Waals surface area contributed by atoms with Gasteiger partial charge in [-0.2, -0.15) is 0 Å². The second-order valence-electron chi connectivity index (χ2n) is 5.94. The smallest absolute Gasteiger partial charge is 0.256 e. The number of aryl methyl sites for hydroxylation is 1. The van der Waals surface area contributed by atoms with Crippen molar-refractivity contribution in [2.45, 2.75) is 44.2 Å². The topological polar surface area (TPSA) is 77.0 Å². The second kappa shape index (κ2) is 7.82. The highest BCUT2D eigenvalue weighted by molar-refractivity contribution is 7.98. The van der Waals surface area contributed by atoms with Gasteiger partial charge >= 0.3 is 0 Å². The number of pyridine rings is 1. The fraction of sp³-hybridized carbons (Fsp3) is 0.444. The van der Waals surface area contributed by atoms with Gasteiger partial charge in [-0.15, -0.1) is 11.8 Å². The number of ether oxygens (including phenoxy) is 1. The summed E-state index contributed by atoms with van der Waals surface area (Å²) in [7, 11) is 0. The number of thioether (sulfide) groups is 1. The molecule has 0 radical (unpaired) electrons. The van der Waals surface area contributed by atoms with E-state index in [-0.39, 0.29) is 5.91 Å². The molecule has 6 nitrogen and oxygen atoms in total. The SMILES string of the molecule is CCOc1cc(CNC(=O)c2c(C)nc(C3CC3)nc2SC)ccn1. The minimum absolute atomic E-state index is 0.154. The average Bonchev–Trinajstić information content (AvgIpc) is 3.44. The first-order valence-electron chi connectivity index (χ1n) is 8.40. The summed E-state index contributed by atoms with van der Waals surface area (Å²) < 4.78 is 5.39. The lowest BCUT2D eigenvalue weighted by Crippen LogP contribution is -2.25. The van der Waals surface area contributed by atoms with Gasteiger partial charge in [-0.25, -0.2) is 15.0 Å². The van der Waals surface area contributed by atoms with E-state index in [1.807, 2.05) is 32.2 Å². The van der Waals surface area contributed by atoms with E-state index in [1.54, 1.807) is 6.20 Å². The molecule has 0 atom stereocenters. The van der Waals surface area contributed by atoms with E-state index < -0.39 is 0 Å². The molecule has 0 bridgehead atoms. The highest BCUT2D eigenvalue weighted by Gasteiger charge is 2.29. The molecule has 1 saturated carbocycles. The molecule has 2 aromatic rings. The maximum atomic E-state index is 12.7. The number of rotatable bonds is 7. The van der Waals surface area contributed by atoms with Crippen LogP contribution < -0.4 is 10.1 Å². The van der Waals surface area contributed by atoms with Crippen LogP contribution in [0, 0.1) is 6.92 Å². The van der Waals surface area contributed by atoms with Crippen LogP contribution in [0.4, 0.5) is 0 Å². The first kappa shape index (κ1) is 17.7. The van der Waals surface area contributed by atoms with Crippen LogP contribution in [-0.2, 0) is 6.54 Å². The third-order valence-corrected chi connectivity index (χ3v) is 4.66. The molecular weight excluding hydrogens is 336 g/mol. The summed E-state index contributed by atoms with van der Waals surface area (Å²) in [5.41, 5.74) is 2.24. The van der Waals surface area contributed by atoms with Gasteiger partial charge in [0.25, 0.3) is 5.91 Å². The van der Waals surface area contributed by atoms with Crippen molar-refractivity contribution in [2.75, 3.05) is 12.9 Å². The molecule has 25 heavy (non-hydrogen) atoms. The monoisotopic (exact) mass is 358 g/mol. The van der Waals surface area contributed by atoms with E-state index in [0.717, 1.165) is 34.9 Å². The highest BCUT2D eigenvalue weighted by Crippen LogP contribution is 2.39. The van der Waals surface area contributed by atoms with E-state index in [0.29, 0.717) is 30.5 Å². The van der Waals surface area contributed by atoms with Crippen molar-refractivity contribution in [1.82, 2.24) is 20.3 Å². The van der Waals surface area contributed by atoms with Crippen LogP contribution in [0.25, 0.3) is 0 Å². The van der Waals surface area contributed by atoms with Crippen molar-refractivity contribution in [2.24, 2.45) is 0 Å². The number of nitrogens with zero attached hydrogens (tertiary/aromatic N) is 3. The predicted molar refractivity (Wildman–Crippen MR) is 97.1 cm³/mol. The molecule has 0 saturated heterocycles. The molecule has 2 heterocycles. The number of amides is 1. The quantitative estimate of drug-likeness (QED) is 0.605. The average molecular weight is 358 g/mol. The van der Waals surface area contributed by atoms with Crippen molar-refractivity contribution in [3.8, 4) is 5.88 Å². The summed E-state index contributed by atoms with van der Waals surface area (Å²) in [6, 6.07) is 3.69. The van der Waals surface area contributed by atoms with Gasteiger partial charge in [0, 0.05) is 24.7 Å². The Morgan fingerprint density at radius 3 is 2.88 bits per heavy atom. The third kappa shape index (κ3) is 4.28. The fourth-order valence-electron chi connectivity index (χ4n) is 2.56. The van der Waals surface area contributed by atoms with Crippen molar-refractivity contribution >= 4 is 17.7 Å². The number of hydrogen-bond acceptors (Lipinski definition) is 6. The molecule has 2 aromatic heterocycles. The first-order valence-corrected chi connectivity index (χ1v) is 9.63. The molecule has 1 aliphatic rings. The minimum Gasteiger partial charge on any atom is -0.478 e. The summed E-state index contributed by atoms with van der Waals surface area (Å²) in [5.74, 6) is 1.75. The molecule has 3 rings (SSSR count). The summed E-state index contributed by atoms with van der Waals surface area (Å²) in [6.07, 6.45) is 5.90. The Bertz CT molecular complexity index is 778. The summed E-state index contributed by atoms with van der Waals surface area (Å²) in [5, 5.41) is 3.70. The van der Waals surface area contributed by atoms with Gasteiger partial charge in [-0.05, 0) is 44.6 Å². The summed E-state index contributed by atoms with van der Waals surface area (Å²) in [4.78, 5) is 25.9. The maximum Gasteiger partial charge on any atom is 0.256 e. The Hall–Kier alpha value is -2.15. The molecule has 1 aliphatic carbocycles. The van der Waals surface area contributed by atoms with Gasteiger partial charge in [-0.1, -0.05) is 0 Å². The van der Waals surface area contributed by atoms with Crippen LogP contribution in [0.3, 0.4) is 0 Å². The van der Waals surface area contributed by atoms with Crippen LogP contribution in [0.2, 0.25) is 0 Å². The summed E-state index contributed by atoms with van der Waals surface area (Å²) >= 11 is 1.49. The van der Waals surface area contributed by atoms with Gasteiger partial charge in [0.15, 0.2) is 0 Å². The molecule has 7 heteroatoms. The Morgan fingerprint density at radius 1 is 1.40 bits per heavy atom. The lowest BCUT2D eigenvalue weighted by molar-refractivity contribution is 0.0946. The lowest BCUT2D eigenvalue weighted by Gasteiger charge is -2.12.